The van der Waals surface area contributed by atoms with Crippen molar-refractivity contribution in [1.82, 2.24) is 34.9 Å². The molecule has 0 saturated carbocycles. The number of hydrogen-bond acceptors (Lipinski definition) is 9. The van der Waals surface area contributed by atoms with Crippen LogP contribution in [0, 0.1) is 11.2 Å². The molecule has 4 N–H and O–H groups in total. The van der Waals surface area contributed by atoms with Gasteiger partial charge in [-0.2, -0.15) is 0 Å². The number of nitrogens with zero attached hydrogens (tertiary/aromatic N) is 5. The number of methoxy groups -OCH3 is 1. The van der Waals surface area contributed by atoms with Gasteiger partial charge in [-0.05, 0) is 50.0 Å². The summed E-state index contributed by atoms with van der Waals surface area (Å²) in [6.07, 6.45) is 2.99. The number of rotatable bonds is 10. The lowest BCUT2D eigenvalue weighted by molar-refractivity contribution is 0.250. The van der Waals surface area contributed by atoms with Crippen molar-refractivity contribution in [1.29, 1.82) is 5.41 Å². The van der Waals surface area contributed by atoms with Gasteiger partial charge in [0, 0.05) is 48.4 Å². The smallest absolute Gasteiger partial charge is 0.350 e. The highest BCUT2D eigenvalue weighted by Crippen LogP contribution is 2.35. The van der Waals surface area contributed by atoms with Crippen LogP contribution in [0.15, 0.2) is 53.6 Å². The lowest BCUT2D eigenvalue weighted by Gasteiger charge is -2.21. The van der Waals surface area contributed by atoms with E-state index in [9.17, 15) is 4.79 Å². The van der Waals surface area contributed by atoms with Gasteiger partial charge in [0.25, 0.3) is 5.95 Å². The highest BCUT2D eigenvalue weighted by molar-refractivity contribution is 6.00. The Balaban J connectivity index is 1.60. The van der Waals surface area contributed by atoms with Crippen LogP contribution >= 0.6 is 0 Å². The molecule has 0 fully saturated rings. The second-order valence-corrected chi connectivity index (χ2v) is 9.13. The van der Waals surface area contributed by atoms with Gasteiger partial charge in [0.2, 0.25) is 0 Å². The predicted octanol–water partition coefficient (Wildman–Crippen LogP) is 2.07. The first kappa shape index (κ1) is 25.9. The van der Waals surface area contributed by atoms with E-state index in [4.69, 9.17) is 14.9 Å². The average Bonchev–Trinajstić information content (AvgIpc) is 3.50. The quantitative estimate of drug-likeness (QED) is 0.241. The zero-order chi connectivity index (χ0) is 27.5. The van der Waals surface area contributed by atoms with Gasteiger partial charge in [-0.1, -0.05) is 0 Å². The molecule has 1 aliphatic heterocycles. The molecule has 12 nitrogen and oxygen atoms in total. The highest BCUT2D eigenvalue weighted by Gasteiger charge is 2.27. The molecule has 202 valence electrons. The number of likely N-dealkylation sites (N-methyl/N-ethyl adjacent to an activating group) is 1. The van der Waals surface area contributed by atoms with Gasteiger partial charge in [-0.25, -0.2) is 19.2 Å². The monoisotopic (exact) mass is 533 g/mol. The summed E-state index contributed by atoms with van der Waals surface area (Å²) in [6.45, 7) is 1.35. The van der Waals surface area contributed by atoms with Gasteiger partial charge >= 0.3 is 5.69 Å². The van der Waals surface area contributed by atoms with Crippen molar-refractivity contribution in [3.8, 4) is 17.4 Å². The molecule has 0 amide bonds. The number of ether oxygens (including phenoxy) is 2. The standard InChI is InChI=1S/C26H28FN9O3/c1-35(2)9-10-39-20-13-17(38-3)12-19(21(20)27)22(32-16-5-6-18-15(11-16)14-31-23(18)28)24-33-26(37)36(34-24)25-29-7-4-8-30-25/h4-8,11-13,22,32H,9-10,14H2,1-3H3,(H2,28,31)(H,33,34,37). The molecule has 1 atom stereocenters. The third-order valence-corrected chi connectivity index (χ3v) is 6.17. The number of benzene rings is 2. The molecule has 2 aromatic carbocycles. The largest absolute Gasteiger partial charge is 0.497 e. The Morgan fingerprint density at radius 1 is 1.23 bits per heavy atom. The summed E-state index contributed by atoms with van der Waals surface area (Å²) in [4.78, 5) is 25.7. The van der Waals surface area contributed by atoms with Crippen molar-refractivity contribution >= 4 is 11.5 Å². The summed E-state index contributed by atoms with van der Waals surface area (Å²) in [5, 5.41) is 18.7. The molecule has 0 radical (unpaired) electrons. The van der Waals surface area contributed by atoms with Crippen molar-refractivity contribution in [3.05, 3.63) is 87.6 Å². The molecule has 5 rings (SSSR count). The zero-order valence-corrected chi connectivity index (χ0v) is 21.7. The van der Waals surface area contributed by atoms with Crippen LogP contribution in [0.5, 0.6) is 11.5 Å². The Morgan fingerprint density at radius 3 is 2.77 bits per heavy atom. The first-order valence-electron chi connectivity index (χ1n) is 12.2. The molecule has 39 heavy (non-hydrogen) atoms. The Kier molecular flexibility index (Phi) is 7.23. The fourth-order valence-corrected chi connectivity index (χ4v) is 4.18. The van der Waals surface area contributed by atoms with Crippen LogP contribution < -0.4 is 25.8 Å². The molecule has 4 aromatic rings. The molecular weight excluding hydrogens is 505 g/mol. The molecule has 3 heterocycles. The number of anilines is 1. The number of halogens is 1. The summed E-state index contributed by atoms with van der Waals surface area (Å²) in [5.41, 5.74) is 1.91. The predicted molar refractivity (Wildman–Crippen MR) is 142 cm³/mol. The van der Waals surface area contributed by atoms with Gasteiger partial charge in [0.1, 0.15) is 24.2 Å². The van der Waals surface area contributed by atoms with Crippen molar-refractivity contribution in [3.63, 3.8) is 0 Å². The average molecular weight is 534 g/mol. The maximum atomic E-state index is 16.0. The lowest BCUT2D eigenvalue weighted by Crippen LogP contribution is -2.21. The number of amidine groups is 1. The van der Waals surface area contributed by atoms with E-state index in [1.807, 2.05) is 31.1 Å². The Bertz CT molecular complexity index is 1550. The second kappa shape index (κ2) is 10.9. The first-order chi connectivity index (χ1) is 18.8. The lowest BCUT2D eigenvalue weighted by atomic mass is 10.0. The summed E-state index contributed by atoms with van der Waals surface area (Å²) >= 11 is 0. The van der Waals surface area contributed by atoms with Crippen molar-refractivity contribution in [2.24, 2.45) is 0 Å². The maximum Gasteiger partial charge on any atom is 0.350 e. The van der Waals surface area contributed by atoms with E-state index in [1.165, 1.54) is 31.6 Å². The number of nitrogens with one attached hydrogen (secondary N) is 4. The summed E-state index contributed by atoms with van der Waals surface area (Å²) < 4.78 is 28.3. The van der Waals surface area contributed by atoms with Gasteiger partial charge in [0.15, 0.2) is 17.4 Å². The number of hydrogen-bond donors (Lipinski definition) is 4. The van der Waals surface area contributed by atoms with Crippen molar-refractivity contribution in [2.45, 2.75) is 12.6 Å². The van der Waals surface area contributed by atoms with Crippen LogP contribution in [0.2, 0.25) is 0 Å². The van der Waals surface area contributed by atoms with E-state index in [2.05, 4.69) is 30.7 Å². The molecule has 0 spiro atoms. The summed E-state index contributed by atoms with van der Waals surface area (Å²) in [6, 6.07) is 9.16. The fourth-order valence-electron chi connectivity index (χ4n) is 4.18. The van der Waals surface area contributed by atoms with Gasteiger partial charge in [-0.3, -0.25) is 10.4 Å². The van der Waals surface area contributed by atoms with Crippen LogP contribution in [-0.2, 0) is 6.54 Å². The van der Waals surface area contributed by atoms with Gasteiger partial charge in [0.05, 0.1) is 7.11 Å². The van der Waals surface area contributed by atoms with E-state index in [0.717, 1.165) is 15.8 Å². The normalized spacial score (nSPS) is 13.2. The maximum absolute atomic E-state index is 16.0. The van der Waals surface area contributed by atoms with E-state index < -0.39 is 17.5 Å². The van der Waals surface area contributed by atoms with Crippen molar-refractivity contribution < 1.29 is 13.9 Å². The SMILES string of the molecule is COc1cc(OCCN(C)C)c(F)c(C(Nc2ccc3c(c2)CNC3=N)c2nn(-c3ncccn3)c(=O)[nH]2)c1. The minimum absolute atomic E-state index is 0.0118. The zero-order valence-electron chi connectivity index (χ0n) is 21.7. The fraction of sp³-hybridized carbons (Fsp3) is 0.269. The molecular formula is C26H28FN9O3. The molecule has 1 unspecified atom stereocenters. The molecule has 0 bridgehead atoms. The number of H-pyrrole nitrogens is 1. The molecule has 0 saturated heterocycles. The molecule has 0 aliphatic carbocycles. The minimum Gasteiger partial charge on any atom is -0.497 e. The Morgan fingerprint density at radius 2 is 2.03 bits per heavy atom. The Hall–Kier alpha value is -4.78. The molecule has 2 aromatic heterocycles. The number of aromatic nitrogens is 5. The second-order valence-electron chi connectivity index (χ2n) is 9.13. The van der Waals surface area contributed by atoms with Crippen LogP contribution in [0.1, 0.15) is 28.6 Å². The van der Waals surface area contributed by atoms with E-state index in [1.54, 1.807) is 12.1 Å². The topological polar surface area (TPSA) is 146 Å². The Labute approximate surface area is 223 Å². The number of aromatic amines is 1. The number of fused-ring (bicyclic) bond motifs is 1. The van der Waals surface area contributed by atoms with Crippen LogP contribution in [0.4, 0.5) is 10.1 Å². The van der Waals surface area contributed by atoms with Crippen molar-refractivity contribution in [2.75, 3.05) is 39.7 Å². The summed E-state index contributed by atoms with van der Waals surface area (Å²) in [5.74, 6) is 0.311. The molecule has 1 aliphatic rings. The van der Waals surface area contributed by atoms with Crippen LogP contribution in [-0.4, -0.2) is 69.8 Å². The van der Waals surface area contributed by atoms with E-state index in [-0.39, 0.29) is 29.7 Å². The van der Waals surface area contributed by atoms with E-state index >= 15 is 4.39 Å². The highest BCUT2D eigenvalue weighted by atomic mass is 19.1. The van der Waals surface area contributed by atoms with Crippen LogP contribution in [0.25, 0.3) is 5.95 Å². The van der Waals surface area contributed by atoms with E-state index in [0.29, 0.717) is 30.4 Å². The third-order valence-electron chi connectivity index (χ3n) is 6.17. The van der Waals surface area contributed by atoms with Gasteiger partial charge in [-0.15, -0.1) is 9.78 Å². The summed E-state index contributed by atoms with van der Waals surface area (Å²) in [7, 11) is 5.27. The minimum atomic E-state index is -0.958. The third kappa shape index (κ3) is 5.43. The molecule has 13 heteroatoms. The first-order valence-corrected chi connectivity index (χ1v) is 12.2. The van der Waals surface area contributed by atoms with Gasteiger partial charge < -0.3 is 25.0 Å². The van der Waals surface area contributed by atoms with Crippen LogP contribution in [0.3, 0.4) is 0 Å².